The van der Waals surface area contributed by atoms with Crippen LogP contribution in [0.1, 0.15) is 11.1 Å². The summed E-state index contributed by atoms with van der Waals surface area (Å²) in [6.07, 6.45) is 3.81. The average molecular weight is 425 g/mol. The number of nitrogens with zero attached hydrogens (tertiary/aromatic N) is 2. The minimum atomic E-state index is -3.98. The van der Waals surface area contributed by atoms with Gasteiger partial charge in [-0.25, -0.2) is 17.8 Å². The maximum atomic E-state index is 14.0. The van der Waals surface area contributed by atoms with E-state index >= 15 is 0 Å². The Kier molecular flexibility index (Phi) is 4.95. The van der Waals surface area contributed by atoms with Crippen LogP contribution in [-0.2, 0) is 10.0 Å². The van der Waals surface area contributed by atoms with Gasteiger partial charge >= 0.3 is 0 Å². The van der Waals surface area contributed by atoms with Crippen molar-refractivity contribution in [3.8, 4) is 17.0 Å². The molecule has 0 saturated carbocycles. The summed E-state index contributed by atoms with van der Waals surface area (Å²) in [6, 6.07) is 12.9. The second-order valence-corrected chi connectivity index (χ2v) is 8.71. The fraction of sp³-hybridized carbons (Fsp3) is 0.136. The first-order valence-corrected chi connectivity index (χ1v) is 10.7. The van der Waals surface area contributed by atoms with E-state index in [-0.39, 0.29) is 10.6 Å². The van der Waals surface area contributed by atoms with Crippen LogP contribution >= 0.6 is 0 Å². The van der Waals surface area contributed by atoms with E-state index in [9.17, 15) is 12.8 Å². The number of aromatic nitrogens is 2. The third kappa shape index (κ3) is 3.73. The highest BCUT2D eigenvalue weighted by atomic mass is 32.2. The molecule has 0 aliphatic rings. The van der Waals surface area contributed by atoms with E-state index in [4.69, 9.17) is 4.74 Å². The van der Waals surface area contributed by atoms with Crippen molar-refractivity contribution in [3.05, 3.63) is 77.9 Å². The maximum absolute atomic E-state index is 14.0. The molecular formula is C22H20FN3O3S. The van der Waals surface area contributed by atoms with Gasteiger partial charge in [0.2, 0.25) is 0 Å². The Morgan fingerprint density at radius 3 is 2.60 bits per heavy atom. The molecule has 0 radical (unpaired) electrons. The predicted molar refractivity (Wildman–Crippen MR) is 114 cm³/mol. The summed E-state index contributed by atoms with van der Waals surface area (Å²) in [5.41, 5.74) is 4.52. The number of hydrogen-bond acceptors (Lipinski definition) is 4. The summed E-state index contributed by atoms with van der Waals surface area (Å²) in [5, 5.41) is 0. The van der Waals surface area contributed by atoms with Crippen LogP contribution in [0.25, 0.3) is 16.9 Å². The number of anilines is 1. The van der Waals surface area contributed by atoms with Crippen molar-refractivity contribution in [1.82, 2.24) is 9.38 Å². The molecule has 154 valence electrons. The Labute approximate surface area is 174 Å². The van der Waals surface area contributed by atoms with Crippen molar-refractivity contribution in [2.24, 2.45) is 0 Å². The van der Waals surface area contributed by atoms with Crippen molar-refractivity contribution < 1.29 is 17.5 Å². The van der Waals surface area contributed by atoms with E-state index in [1.165, 1.54) is 19.2 Å². The minimum Gasteiger partial charge on any atom is -0.494 e. The van der Waals surface area contributed by atoms with E-state index < -0.39 is 15.8 Å². The zero-order chi connectivity index (χ0) is 21.5. The summed E-state index contributed by atoms with van der Waals surface area (Å²) >= 11 is 0. The van der Waals surface area contributed by atoms with Gasteiger partial charge in [-0.15, -0.1) is 0 Å². The smallest absolute Gasteiger partial charge is 0.262 e. The Balaban J connectivity index is 1.70. The number of rotatable bonds is 5. The first kappa shape index (κ1) is 19.9. The Hall–Kier alpha value is -3.39. The van der Waals surface area contributed by atoms with Crippen molar-refractivity contribution in [2.75, 3.05) is 11.8 Å². The van der Waals surface area contributed by atoms with Crippen LogP contribution < -0.4 is 9.46 Å². The summed E-state index contributed by atoms with van der Waals surface area (Å²) < 4.78 is 48.9. The summed E-state index contributed by atoms with van der Waals surface area (Å²) in [7, 11) is -2.66. The summed E-state index contributed by atoms with van der Waals surface area (Å²) in [6.45, 7) is 3.79. The number of fused-ring (bicyclic) bond motifs is 1. The van der Waals surface area contributed by atoms with Crippen LogP contribution in [0.2, 0.25) is 0 Å². The lowest BCUT2D eigenvalue weighted by Gasteiger charge is -2.12. The second-order valence-electron chi connectivity index (χ2n) is 7.03. The Morgan fingerprint density at radius 1 is 1.07 bits per heavy atom. The van der Waals surface area contributed by atoms with Gasteiger partial charge in [0.15, 0.2) is 11.6 Å². The Morgan fingerprint density at radius 2 is 1.87 bits per heavy atom. The molecule has 0 spiro atoms. The molecule has 8 heteroatoms. The molecule has 0 unspecified atom stereocenters. The molecule has 0 fully saturated rings. The van der Waals surface area contributed by atoms with Gasteiger partial charge in [0.1, 0.15) is 5.65 Å². The topological polar surface area (TPSA) is 72.7 Å². The first-order chi connectivity index (χ1) is 14.3. The lowest BCUT2D eigenvalue weighted by atomic mass is 10.1. The summed E-state index contributed by atoms with van der Waals surface area (Å²) in [4.78, 5) is 4.44. The molecule has 0 saturated heterocycles. The van der Waals surface area contributed by atoms with Gasteiger partial charge in [0.25, 0.3) is 10.0 Å². The number of benzene rings is 2. The average Bonchev–Trinajstić information content (AvgIpc) is 3.12. The van der Waals surface area contributed by atoms with Crippen LogP contribution in [0.5, 0.6) is 5.75 Å². The molecule has 30 heavy (non-hydrogen) atoms. The van der Waals surface area contributed by atoms with Crippen LogP contribution in [0.3, 0.4) is 0 Å². The van der Waals surface area contributed by atoms with Gasteiger partial charge in [-0.2, -0.15) is 0 Å². The van der Waals surface area contributed by atoms with Gasteiger partial charge in [-0.3, -0.25) is 4.72 Å². The largest absolute Gasteiger partial charge is 0.494 e. The summed E-state index contributed by atoms with van der Waals surface area (Å²) in [5.74, 6) is -0.764. The van der Waals surface area contributed by atoms with Gasteiger partial charge in [-0.1, -0.05) is 12.1 Å². The number of nitrogens with one attached hydrogen (secondary N) is 1. The SMILES string of the molecule is COc1ccc(S(=O)(=O)Nc2cc(-c3cn4ccc(C)cc4n3)ccc2C)cc1F. The third-order valence-corrected chi connectivity index (χ3v) is 6.19. The molecule has 0 aliphatic carbocycles. The molecule has 0 amide bonds. The fourth-order valence-electron chi connectivity index (χ4n) is 3.13. The van der Waals surface area contributed by atoms with Gasteiger partial charge in [0.05, 0.1) is 23.4 Å². The van der Waals surface area contributed by atoms with Crippen LogP contribution in [-0.4, -0.2) is 24.9 Å². The molecule has 2 aromatic heterocycles. The molecule has 0 atom stereocenters. The highest BCUT2D eigenvalue weighted by Crippen LogP contribution is 2.28. The number of hydrogen-bond donors (Lipinski definition) is 1. The zero-order valence-corrected chi connectivity index (χ0v) is 17.5. The third-order valence-electron chi connectivity index (χ3n) is 4.83. The molecule has 4 aromatic rings. The number of ether oxygens (including phenoxy) is 1. The van der Waals surface area contributed by atoms with Crippen molar-refractivity contribution in [2.45, 2.75) is 18.7 Å². The molecule has 0 aliphatic heterocycles. The second kappa shape index (κ2) is 7.46. The standard InChI is InChI=1S/C22H20FN3O3S/c1-14-8-9-26-13-20(24-22(26)10-14)16-5-4-15(2)19(11-16)25-30(27,28)17-6-7-21(29-3)18(23)12-17/h4-13,25H,1-3H3. The number of imidazole rings is 1. The normalized spacial score (nSPS) is 11.6. The molecular weight excluding hydrogens is 405 g/mol. The lowest BCUT2D eigenvalue weighted by Crippen LogP contribution is -2.14. The fourth-order valence-corrected chi connectivity index (χ4v) is 4.27. The first-order valence-electron chi connectivity index (χ1n) is 9.19. The maximum Gasteiger partial charge on any atom is 0.262 e. The Bertz CT molecular complexity index is 1360. The van der Waals surface area contributed by atoms with E-state index in [2.05, 4.69) is 9.71 Å². The number of pyridine rings is 1. The van der Waals surface area contributed by atoms with Crippen molar-refractivity contribution in [1.29, 1.82) is 0 Å². The zero-order valence-electron chi connectivity index (χ0n) is 16.7. The van der Waals surface area contributed by atoms with E-state index in [0.29, 0.717) is 5.69 Å². The van der Waals surface area contributed by atoms with Gasteiger partial charge in [0, 0.05) is 18.0 Å². The highest BCUT2D eigenvalue weighted by Gasteiger charge is 2.18. The monoisotopic (exact) mass is 425 g/mol. The number of aryl methyl sites for hydroxylation is 2. The number of methoxy groups -OCH3 is 1. The number of sulfonamides is 1. The minimum absolute atomic E-state index is 0.0192. The van der Waals surface area contributed by atoms with E-state index in [1.54, 1.807) is 13.0 Å². The molecule has 2 aromatic carbocycles. The molecule has 6 nitrogen and oxygen atoms in total. The lowest BCUT2D eigenvalue weighted by molar-refractivity contribution is 0.385. The van der Waals surface area contributed by atoms with Gasteiger partial charge in [-0.05, 0) is 61.4 Å². The van der Waals surface area contributed by atoms with Crippen LogP contribution in [0, 0.1) is 19.7 Å². The highest BCUT2D eigenvalue weighted by molar-refractivity contribution is 7.92. The molecule has 0 bridgehead atoms. The van der Waals surface area contributed by atoms with Crippen LogP contribution in [0.15, 0.2) is 65.8 Å². The van der Waals surface area contributed by atoms with E-state index in [0.717, 1.165) is 34.1 Å². The van der Waals surface area contributed by atoms with Crippen molar-refractivity contribution in [3.63, 3.8) is 0 Å². The van der Waals surface area contributed by atoms with Gasteiger partial charge < -0.3 is 9.14 Å². The molecule has 4 rings (SSSR count). The predicted octanol–water partition coefficient (Wildman–Crippen LogP) is 4.57. The van der Waals surface area contributed by atoms with Crippen LogP contribution in [0.4, 0.5) is 10.1 Å². The molecule has 1 N–H and O–H groups in total. The van der Waals surface area contributed by atoms with Crippen molar-refractivity contribution >= 4 is 21.4 Å². The number of halogens is 1. The quantitative estimate of drug-likeness (QED) is 0.509. The molecule has 2 heterocycles. The van der Waals surface area contributed by atoms with E-state index in [1.807, 2.05) is 48.0 Å².